The number of hydrogen-bond acceptors (Lipinski definition) is 5. The monoisotopic (exact) mass is 390 g/mol. The van der Waals surface area contributed by atoms with E-state index < -0.39 is 33.3 Å². The fourth-order valence-corrected chi connectivity index (χ4v) is 3.13. The Bertz CT molecular complexity index is 811. The van der Waals surface area contributed by atoms with E-state index in [0.29, 0.717) is 12.8 Å². The highest BCUT2D eigenvalue weighted by molar-refractivity contribution is 7.87. The molecule has 0 heterocycles. The minimum absolute atomic E-state index is 0.102. The number of carbonyl (C=O) groups excluding carboxylic acids is 1. The number of rotatable bonds is 5. The predicted octanol–water partition coefficient (Wildman–Crippen LogP) is 3.79. The molecule has 1 unspecified atom stereocenters. The van der Waals surface area contributed by atoms with Gasteiger partial charge in [0.1, 0.15) is 5.76 Å². The molecule has 1 aliphatic rings. The lowest BCUT2D eigenvalue weighted by Gasteiger charge is -2.24. The smallest absolute Gasteiger partial charge is 0.466 e. The van der Waals surface area contributed by atoms with Gasteiger partial charge in [0.15, 0.2) is 0 Å². The van der Waals surface area contributed by atoms with Crippen molar-refractivity contribution < 1.29 is 35.3 Å². The van der Waals surface area contributed by atoms with E-state index in [1.54, 1.807) is 12.2 Å². The molecule has 0 bridgehead atoms. The topological polar surface area (TPSA) is 69.7 Å². The number of methoxy groups -OCH3 is 1. The first-order chi connectivity index (χ1) is 12.2. The Balaban J connectivity index is 2.39. The molecule has 1 aromatic carbocycles. The van der Waals surface area contributed by atoms with Gasteiger partial charge in [0.05, 0.1) is 12.7 Å². The van der Waals surface area contributed by atoms with Gasteiger partial charge >= 0.3 is 21.6 Å². The number of carbonyl (C=O) groups is 1. The van der Waals surface area contributed by atoms with E-state index in [9.17, 15) is 26.4 Å². The van der Waals surface area contributed by atoms with Crippen molar-refractivity contribution in [2.75, 3.05) is 7.11 Å². The third-order valence-electron chi connectivity index (χ3n) is 3.81. The Morgan fingerprint density at radius 2 is 1.88 bits per heavy atom. The summed E-state index contributed by atoms with van der Waals surface area (Å²) in [5.41, 5.74) is -4.96. The van der Waals surface area contributed by atoms with Gasteiger partial charge in [-0.1, -0.05) is 42.5 Å². The second-order valence-electron chi connectivity index (χ2n) is 5.58. The molecule has 142 valence electrons. The minimum Gasteiger partial charge on any atom is -0.466 e. The van der Waals surface area contributed by atoms with Crippen LogP contribution in [0.2, 0.25) is 0 Å². The number of allylic oxidation sites excluding steroid dienone is 2. The normalized spacial score (nSPS) is 18.8. The fourth-order valence-electron chi connectivity index (χ4n) is 2.59. The summed E-state index contributed by atoms with van der Waals surface area (Å²) in [6, 6.07) is 9.06. The maximum Gasteiger partial charge on any atom is 0.534 e. The number of halogens is 3. The van der Waals surface area contributed by atoms with Crippen LogP contribution in [0, 0.1) is 5.92 Å². The van der Waals surface area contributed by atoms with Crippen LogP contribution in [0.5, 0.6) is 0 Å². The Hall–Kier alpha value is -2.29. The van der Waals surface area contributed by atoms with Crippen LogP contribution in [0.25, 0.3) is 6.08 Å². The van der Waals surface area contributed by atoms with Gasteiger partial charge in [0.2, 0.25) is 0 Å². The van der Waals surface area contributed by atoms with Crippen LogP contribution in [0.4, 0.5) is 13.2 Å². The molecular formula is C17H17F3O5S. The molecule has 1 aromatic rings. The van der Waals surface area contributed by atoms with Gasteiger partial charge in [-0.15, -0.1) is 0 Å². The molecule has 5 nitrogen and oxygen atoms in total. The summed E-state index contributed by atoms with van der Waals surface area (Å²) in [6.45, 7) is 0. The summed E-state index contributed by atoms with van der Waals surface area (Å²) in [5, 5.41) is 0. The van der Waals surface area contributed by atoms with E-state index in [1.165, 1.54) is 0 Å². The summed E-state index contributed by atoms with van der Waals surface area (Å²) >= 11 is 0. The Morgan fingerprint density at radius 3 is 2.46 bits per heavy atom. The van der Waals surface area contributed by atoms with Crippen molar-refractivity contribution in [3.05, 3.63) is 53.3 Å². The first-order valence-corrected chi connectivity index (χ1v) is 9.12. The summed E-state index contributed by atoms with van der Waals surface area (Å²) in [4.78, 5) is 12.1. The van der Waals surface area contributed by atoms with Crippen molar-refractivity contribution in [3.63, 3.8) is 0 Å². The molecule has 1 atom stereocenters. The van der Waals surface area contributed by atoms with E-state index in [0.717, 1.165) is 12.7 Å². The molecule has 0 spiro atoms. The van der Waals surface area contributed by atoms with E-state index in [-0.39, 0.29) is 12.0 Å². The number of benzene rings is 1. The fraction of sp³-hybridized carbons (Fsp3) is 0.353. The highest BCUT2D eigenvalue weighted by atomic mass is 32.2. The Morgan fingerprint density at radius 1 is 1.23 bits per heavy atom. The van der Waals surface area contributed by atoms with Crippen LogP contribution in [0.3, 0.4) is 0 Å². The van der Waals surface area contributed by atoms with Crippen molar-refractivity contribution in [2.24, 2.45) is 5.92 Å². The second kappa shape index (κ2) is 7.94. The van der Waals surface area contributed by atoms with E-state index in [1.807, 2.05) is 30.3 Å². The molecule has 0 aromatic heterocycles. The maximum absolute atomic E-state index is 12.6. The zero-order chi connectivity index (χ0) is 19.4. The average Bonchev–Trinajstić information content (AvgIpc) is 2.59. The van der Waals surface area contributed by atoms with E-state index in [2.05, 4.69) is 8.92 Å². The van der Waals surface area contributed by atoms with Gasteiger partial charge in [-0.3, -0.25) is 0 Å². The lowest BCUT2D eigenvalue weighted by Crippen LogP contribution is -2.28. The van der Waals surface area contributed by atoms with Crippen LogP contribution in [-0.2, 0) is 23.8 Å². The highest BCUT2D eigenvalue weighted by Crippen LogP contribution is 2.36. The largest absolute Gasteiger partial charge is 0.534 e. The van der Waals surface area contributed by atoms with Crippen molar-refractivity contribution in [1.29, 1.82) is 0 Å². The summed E-state index contributed by atoms with van der Waals surface area (Å²) in [5.74, 6) is -2.06. The number of esters is 1. The molecule has 0 radical (unpaired) electrons. The van der Waals surface area contributed by atoms with E-state index in [4.69, 9.17) is 0 Å². The first kappa shape index (κ1) is 20.0. The Labute approximate surface area is 149 Å². The molecular weight excluding hydrogens is 373 g/mol. The predicted molar refractivity (Wildman–Crippen MR) is 87.9 cm³/mol. The third-order valence-corrected chi connectivity index (χ3v) is 4.80. The van der Waals surface area contributed by atoms with Crippen LogP contribution in [0.1, 0.15) is 24.8 Å². The number of hydrogen-bond donors (Lipinski definition) is 0. The SMILES string of the molecule is COC(=O)C1=C(OS(=O)(=O)C(F)(F)F)CCCC1/C=C\c1ccccc1. The molecule has 2 rings (SSSR count). The molecule has 9 heteroatoms. The van der Waals surface area contributed by atoms with Crippen LogP contribution < -0.4 is 0 Å². The van der Waals surface area contributed by atoms with E-state index >= 15 is 0 Å². The van der Waals surface area contributed by atoms with Crippen molar-refractivity contribution in [2.45, 2.75) is 24.8 Å². The van der Waals surface area contributed by atoms with Gasteiger partial charge in [-0.25, -0.2) is 4.79 Å². The molecule has 0 saturated heterocycles. The molecule has 0 saturated carbocycles. The van der Waals surface area contributed by atoms with Crippen LogP contribution in [-0.4, -0.2) is 27.0 Å². The third kappa shape index (κ3) is 4.66. The number of ether oxygens (including phenoxy) is 1. The van der Waals surface area contributed by atoms with Gasteiger partial charge in [-0.2, -0.15) is 21.6 Å². The molecule has 0 aliphatic heterocycles. The van der Waals surface area contributed by atoms with Crippen molar-refractivity contribution in [1.82, 2.24) is 0 Å². The summed E-state index contributed by atoms with van der Waals surface area (Å²) in [7, 11) is -4.79. The van der Waals surface area contributed by atoms with Crippen molar-refractivity contribution in [3.8, 4) is 0 Å². The van der Waals surface area contributed by atoms with Crippen LogP contribution >= 0.6 is 0 Å². The zero-order valence-corrected chi connectivity index (χ0v) is 14.6. The van der Waals surface area contributed by atoms with Crippen molar-refractivity contribution >= 4 is 22.2 Å². The van der Waals surface area contributed by atoms with Gasteiger partial charge in [0, 0.05) is 12.3 Å². The lowest BCUT2D eigenvalue weighted by molar-refractivity contribution is -0.137. The second-order valence-corrected chi connectivity index (χ2v) is 7.12. The molecule has 0 amide bonds. The van der Waals surface area contributed by atoms with Gasteiger partial charge in [0.25, 0.3) is 0 Å². The highest BCUT2D eigenvalue weighted by Gasteiger charge is 2.49. The molecule has 0 N–H and O–H groups in total. The number of alkyl halides is 3. The molecule has 26 heavy (non-hydrogen) atoms. The summed E-state index contributed by atoms with van der Waals surface area (Å²) < 4.78 is 69.3. The first-order valence-electron chi connectivity index (χ1n) is 7.71. The zero-order valence-electron chi connectivity index (χ0n) is 13.8. The molecule has 1 aliphatic carbocycles. The lowest BCUT2D eigenvalue weighted by atomic mass is 9.86. The molecule has 0 fully saturated rings. The Kier molecular flexibility index (Phi) is 6.12. The minimum atomic E-state index is -5.85. The average molecular weight is 390 g/mol. The quantitative estimate of drug-likeness (QED) is 0.435. The standard InChI is InChI=1S/C17H17F3O5S/c1-24-16(21)15-13(11-10-12-6-3-2-4-7-12)8-5-9-14(15)25-26(22,23)17(18,19)20/h2-4,6-7,10-11,13H,5,8-9H2,1H3/b11-10-. The maximum atomic E-state index is 12.6. The van der Waals surface area contributed by atoms with Gasteiger partial charge < -0.3 is 8.92 Å². The summed E-state index contributed by atoms with van der Waals surface area (Å²) in [6.07, 6.45) is 4.05. The van der Waals surface area contributed by atoms with Gasteiger partial charge in [-0.05, 0) is 18.4 Å². The van der Waals surface area contributed by atoms with Crippen LogP contribution in [0.15, 0.2) is 47.7 Å².